The quantitative estimate of drug-likeness (QED) is 0.688. The lowest BCUT2D eigenvalue weighted by Gasteiger charge is -1.98. The summed E-state index contributed by atoms with van der Waals surface area (Å²) in [5.41, 5.74) is 0. The molecule has 1 aromatic rings. The standard InChI is InChI=1S/C9H12OS/c1-3-7-5-6-9(11-7)8(10)4-2/h4-6,8,10H,2-3H2,1H3. The summed E-state index contributed by atoms with van der Waals surface area (Å²) in [5.74, 6) is 0. The Morgan fingerprint density at radius 1 is 1.73 bits per heavy atom. The highest BCUT2D eigenvalue weighted by molar-refractivity contribution is 7.12. The van der Waals surface area contributed by atoms with Crippen molar-refractivity contribution in [2.45, 2.75) is 19.4 Å². The van der Waals surface area contributed by atoms with E-state index in [9.17, 15) is 5.11 Å². The number of thiophene rings is 1. The van der Waals surface area contributed by atoms with Crippen LogP contribution in [-0.2, 0) is 6.42 Å². The molecule has 0 aliphatic heterocycles. The Balaban J connectivity index is 2.79. The van der Waals surface area contributed by atoms with E-state index in [1.807, 2.05) is 12.1 Å². The van der Waals surface area contributed by atoms with Crippen LogP contribution in [0.5, 0.6) is 0 Å². The zero-order chi connectivity index (χ0) is 8.27. The highest BCUT2D eigenvalue weighted by Crippen LogP contribution is 2.23. The molecule has 0 bridgehead atoms. The first-order chi connectivity index (χ1) is 5.27. The smallest absolute Gasteiger partial charge is 0.106 e. The van der Waals surface area contributed by atoms with E-state index in [2.05, 4.69) is 13.5 Å². The minimum atomic E-state index is -0.486. The molecule has 0 saturated heterocycles. The molecule has 0 aliphatic rings. The number of aliphatic hydroxyl groups excluding tert-OH is 1. The summed E-state index contributed by atoms with van der Waals surface area (Å²) < 4.78 is 0. The Hall–Kier alpha value is -0.600. The lowest BCUT2D eigenvalue weighted by Crippen LogP contribution is -1.85. The Kier molecular flexibility index (Phi) is 2.85. The third-order valence-electron chi connectivity index (χ3n) is 1.55. The van der Waals surface area contributed by atoms with Crippen LogP contribution in [0, 0.1) is 0 Å². The first kappa shape index (κ1) is 8.50. The van der Waals surface area contributed by atoms with Crippen LogP contribution in [-0.4, -0.2) is 5.11 Å². The Morgan fingerprint density at radius 2 is 2.45 bits per heavy atom. The second-order valence-electron chi connectivity index (χ2n) is 2.34. The normalized spacial score (nSPS) is 12.9. The van der Waals surface area contributed by atoms with Gasteiger partial charge in [0.2, 0.25) is 0 Å². The highest BCUT2D eigenvalue weighted by atomic mass is 32.1. The van der Waals surface area contributed by atoms with E-state index >= 15 is 0 Å². The summed E-state index contributed by atoms with van der Waals surface area (Å²) in [4.78, 5) is 2.29. The van der Waals surface area contributed by atoms with Gasteiger partial charge in [-0.3, -0.25) is 0 Å². The van der Waals surface area contributed by atoms with Crippen molar-refractivity contribution in [1.29, 1.82) is 0 Å². The SMILES string of the molecule is C=CC(O)c1ccc(CC)s1. The number of aryl methyl sites for hydroxylation is 1. The molecular formula is C9H12OS. The van der Waals surface area contributed by atoms with E-state index in [4.69, 9.17) is 0 Å². The van der Waals surface area contributed by atoms with Gasteiger partial charge in [-0.1, -0.05) is 13.0 Å². The molecule has 60 valence electrons. The molecule has 1 heterocycles. The van der Waals surface area contributed by atoms with Gasteiger partial charge in [0.15, 0.2) is 0 Å². The monoisotopic (exact) mass is 168 g/mol. The second kappa shape index (κ2) is 3.69. The van der Waals surface area contributed by atoms with Crippen molar-refractivity contribution < 1.29 is 5.11 Å². The van der Waals surface area contributed by atoms with E-state index in [0.717, 1.165) is 11.3 Å². The molecule has 0 fully saturated rings. The van der Waals surface area contributed by atoms with Gasteiger partial charge in [0.1, 0.15) is 6.10 Å². The highest BCUT2D eigenvalue weighted by Gasteiger charge is 2.04. The van der Waals surface area contributed by atoms with Crippen LogP contribution in [0.2, 0.25) is 0 Å². The largest absolute Gasteiger partial charge is 0.383 e. The average molecular weight is 168 g/mol. The van der Waals surface area contributed by atoms with E-state index < -0.39 is 6.10 Å². The molecule has 1 N–H and O–H groups in total. The molecule has 11 heavy (non-hydrogen) atoms. The predicted molar refractivity (Wildman–Crippen MR) is 48.9 cm³/mol. The third kappa shape index (κ3) is 1.91. The first-order valence-electron chi connectivity index (χ1n) is 3.67. The molecule has 0 radical (unpaired) electrons. The fraction of sp³-hybridized carbons (Fsp3) is 0.333. The number of hydrogen-bond donors (Lipinski definition) is 1. The van der Waals surface area contributed by atoms with Crippen molar-refractivity contribution in [1.82, 2.24) is 0 Å². The fourth-order valence-corrected chi connectivity index (χ4v) is 1.80. The van der Waals surface area contributed by atoms with E-state index in [1.54, 1.807) is 17.4 Å². The van der Waals surface area contributed by atoms with E-state index in [0.29, 0.717) is 0 Å². The third-order valence-corrected chi connectivity index (χ3v) is 2.85. The van der Waals surface area contributed by atoms with Gasteiger partial charge in [-0.15, -0.1) is 17.9 Å². The van der Waals surface area contributed by atoms with Gasteiger partial charge in [-0.05, 0) is 18.6 Å². The van der Waals surface area contributed by atoms with Crippen LogP contribution in [0.25, 0.3) is 0 Å². The Bertz CT molecular complexity index is 239. The minimum Gasteiger partial charge on any atom is -0.383 e. The van der Waals surface area contributed by atoms with Crippen molar-refractivity contribution in [2.75, 3.05) is 0 Å². The van der Waals surface area contributed by atoms with Crippen molar-refractivity contribution in [3.8, 4) is 0 Å². The van der Waals surface area contributed by atoms with Gasteiger partial charge in [0.05, 0.1) is 0 Å². The van der Waals surface area contributed by atoms with Crippen LogP contribution < -0.4 is 0 Å². The minimum absolute atomic E-state index is 0.486. The van der Waals surface area contributed by atoms with Crippen molar-refractivity contribution in [3.05, 3.63) is 34.5 Å². The molecule has 1 nitrogen and oxygen atoms in total. The van der Waals surface area contributed by atoms with Crippen molar-refractivity contribution >= 4 is 11.3 Å². The van der Waals surface area contributed by atoms with Crippen molar-refractivity contribution in [3.63, 3.8) is 0 Å². The summed E-state index contributed by atoms with van der Waals surface area (Å²) in [6, 6.07) is 4.00. The maximum Gasteiger partial charge on any atom is 0.106 e. The fourth-order valence-electron chi connectivity index (χ4n) is 0.860. The zero-order valence-electron chi connectivity index (χ0n) is 6.58. The van der Waals surface area contributed by atoms with E-state index in [-0.39, 0.29) is 0 Å². The zero-order valence-corrected chi connectivity index (χ0v) is 7.40. The first-order valence-corrected chi connectivity index (χ1v) is 4.48. The molecule has 0 amide bonds. The van der Waals surface area contributed by atoms with Gasteiger partial charge >= 0.3 is 0 Å². The van der Waals surface area contributed by atoms with Crippen LogP contribution >= 0.6 is 11.3 Å². The molecule has 1 unspecified atom stereocenters. The number of rotatable bonds is 3. The molecular weight excluding hydrogens is 156 g/mol. The van der Waals surface area contributed by atoms with Crippen LogP contribution in [0.15, 0.2) is 24.8 Å². The summed E-state index contributed by atoms with van der Waals surface area (Å²) in [7, 11) is 0. The molecule has 0 spiro atoms. The summed E-state index contributed by atoms with van der Waals surface area (Å²) in [6.07, 6.45) is 2.10. The summed E-state index contributed by atoms with van der Waals surface area (Å²) in [5, 5.41) is 9.33. The second-order valence-corrected chi connectivity index (χ2v) is 3.54. The lowest BCUT2D eigenvalue weighted by atomic mass is 10.3. The average Bonchev–Trinajstić information content (AvgIpc) is 2.50. The maximum atomic E-state index is 9.33. The summed E-state index contributed by atoms with van der Waals surface area (Å²) in [6.45, 7) is 5.64. The van der Waals surface area contributed by atoms with Crippen LogP contribution in [0.1, 0.15) is 22.8 Å². The molecule has 0 aliphatic carbocycles. The van der Waals surface area contributed by atoms with E-state index in [1.165, 1.54) is 4.88 Å². The Labute approximate surface area is 71.0 Å². The molecule has 2 heteroatoms. The molecule has 1 aromatic heterocycles. The van der Waals surface area contributed by atoms with Crippen LogP contribution in [0.4, 0.5) is 0 Å². The topological polar surface area (TPSA) is 20.2 Å². The summed E-state index contributed by atoms with van der Waals surface area (Å²) >= 11 is 1.64. The number of aliphatic hydroxyl groups is 1. The van der Waals surface area contributed by atoms with Crippen LogP contribution in [0.3, 0.4) is 0 Å². The number of hydrogen-bond acceptors (Lipinski definition) is 2. The lowest BCUT2D eigenvalue weighted by molar-refractivity contribution is 0.233. The molecule has 0 saturated carbocycles. The molecule has 1 atom stereocenters. The molecule has 1 rings (SSSR count). The van der Waals surface area contributed by atoms with Gasteiger partial charge in [-0.2, -0.15) is 0 Å². The van der Waals surface area contributed by atoms with Gasteiger partial charge < -0.3 is 5.11 Å². The maximum absolute atomic E-state index is 9.33. The Morgan fingerprint density at radius 3 is 2.91 bits per heavy atom. The predicted octanol–water partition coefficient (Wildman–Crippen LogP) is 2.53. The molecule has 0 aromatic carbocycles. The van der Waals surface area contributed by atoms with Gasteiger partial charge in [0, 0.05) is 9.75 Å². The van der Waals surface area contributed by atoms with Crippen molar-refractivity contribution in [2.24, 2.45) is 0 Å². The van der Waals surface area contributed by atoms with Gasteiger partial charge in [0.25, 0.3) is 0 Å². The van der Waals surface area contributed by atoms with Gasteiger partial charge in [-0.25, -0.2) is 0 Å².